The first-order valence-corrected chi connectivity index (χ1v) is 10.0. The third-order valence-corrected chi connectivity index (χ3v) is 5.39. The van der Waals surface area contributed by atoms with E-state index < -0.39 is 0 Å². The highest BCUT2D eigenvalue weighted by atomic mass is 32.1. The number of nitrogens with zero attached hydrogens (tertiary/aromatic N) is 3. The van der Waals surface area contributed by atoms with Crippen LogP contribution < -0.4 is 10.6 Å². The predicted molar refractivity (Wildman–Crippen MR) is 112 cm³/mol. The summed E-state index contributed by atoms with van der Waals surface area (Å²) in [5.41, 5.74) is 3.85. The van der Waals surface area contributed by atoms with Crippen molar-refractivity contribution in [2.45, 2.75) is 19.9 Å². The molecule has 0 aliphatic rings. The minimum atomic E-state index is 0.0221. The predicted octanol–water partition coefficient (Wildman–Crippen LogP) is 3.88. The molecule has 0 atom stereocenters. The molecule has 1 aromatic carbocycles. The number of carbonyl (C=O) groups excluding carboxylic acids is 1. The summed E-state index contributed by atoms with van der Waals surface area (Å²) in [5, 5.41) is 8.37. The molecule has 0 radical (unpaired) electrons. The summed E-state index contributed by atoms with van der Waals surface area (Å²) in [6.07, 6.45) is 5.73. The Balaban J connectivity index is 1.49. The lowest BCUT2D eigenvalue weighted by Gasteiger charge is -2.10. The van der Waals surface area contributed by atoms with Crippen molar-refractivity contribution in [2.75, 3.05) is 11.9 Å². The monoisotopic (exact) mass is 391 g/mol. The average molecular weight is 392 g/mol. The van der Waals surface area contributed by atoms with Gasteiger partial charge in [-0.15, -0.1) is 11.3 Å². The van der Waals surface area contributed by atoms with Gasteiger partial charge in [-0.05, 0) is 23.9 Å². The van der Waals surface area contributed by atoms with Crippen LogP contribution in [0.1, 0.15) is 16.9 Å². The number of fused-ring (bicyclic) bond motifs is 1. The quantitative estimate of drug-likeness (QED) is 0.501. The van der Waals surface area contributed by atoms with E-state index in [2.05, 4.69) is 34.7 Å². The fraction of sp³-hybridized carbons (Fsp3) is 0.190. The molecular weight excluding hydrogens is 370 g/mol. The number of imidazole rings is 1. The number of thiophene rings is 1. The second-order valence-electron chi connectivity index (χ2n) is 6.46. The van der Waals surface area contributed by atoms with Crippen molar-refractivity contribution < 1.29 is 4.79 Å². The van der Waals surface area contributed by atoms with Crippen LogP contribution in [0.15, 0.2) is 60.4 Å². The van der Waals surface area contributed by atoms with Crippen LogP contribution >= 0.6 is 11.3 Å². The molecule has 2 N–H and O–H groups in total. The van der Waals surface area contributed by atoms with Gasteiger partial charge in [0, 0.05) is 35.8 Å². The van der Waals surface area contributed by atoms with Gasteiger partial charge in [-0.25, -0.2) is 4.98 Å². The first kappa shape index (κ1) is 18.2. The highest BCUT2D eigenvalue weighted by molar-refractivity contribution is 7.09. The first-order chi connectivity index (χ1) is 13.7. The summed E-state index contributed by atoms with van der Waals surface area (Å²) >= 11 is 1.64. The molecule has 0 saturated carbocycles. The highest BCUT2D eigenvalue weighted by Gasteiger charge is 2.15. The van der Waals surface area contributed by atoms with Crippen LogP contribution in [-0.4, -0.2) is 26.8 Å². The third-order valence-electron chi connectivity index (χ3n) is 4.51. The molecule has 0 saturated heterocycles. The van der Waals surface area contributed by atoms with E-state index in [1.807, 2.05) is 40.2 Å². The Kier molecular flexibility index (Phi) is 5.34. The molecule has 28 heavy (non-hydrogen) atoms. The normalized spacial score (nSPS) is 10.9. The first-order valence-electron chi connectivity index (χ1n) is 9.13. The fourth-order valence-electron chi connectivity index (χ4n) is 3.08. The smallest absolute Gasteiger partial charge is 0.222 e. The minimum Gasteiger partial charge on any atom is -0.369 e. The van der Waals surface area contributed by atoms with Crippen LogP contribution in [0.2, 0.25) is 0 Å². The van der Waals surface area contributed by atoms with Gasteiger partial charge in [-0.1, -0.05) is 30.3 Å². The van der Waals surface area contributed by atoms with E-state index in [4.69, 9.17) is 4.98 Å². The van der Waals surface area contributed by atoms with Gasteiger partial charge < -0.3 is 10.6 Å². The number of amides is 1. The maximum atomic E-state index is 12.2. The van der Waals surface area contributed by atoms with Gasteiger partial charge in [-0.2, -0.15) is 0 Å². The van der Waals surface area contributed by atoms with E-state index in [-0.39, 0.29) is 5.91 Å². The maximum Gasteiger partial charge on any atom is 0.222 e. The summed E-state index contributed by atoms with van der Waals surface area (Å²) < 4.78 is 1.97. The van der Waals surface area contributed by atoms with Gasteiger partial charge in [0.2, 0.25) is 5.91 Å². The van der Waals surface area contributed by atoms with Crippen LogP contribution in [0.5, 0.6) is 0 Å². The number of anilines is 1. The van der Waals surface area contributed by atoms with Crippen molar-refractivity contribution in [3.05, 3.63) is 70.8 Å². The third kappa shape index (κ3) is 3.89. The van der Waals surface area contributed by atoms with Gasteiger partial charge in [0.05, 0.1) is 12.7 Å². The molecule has 3 heterocycles. The number of nitrogens with one attached hydrogen (secondary N) is 2. The molecule has 4 aromatic rings. The Morgan fingerprint density at radius 2 is 2.11 bits per heavy atom. The SMILES string of the molecule is Cc1ccccc1-c1nc2cnccn2c1NCCC(=O)NCc1cccs1. The van der Waals surface area contributed by atoms with Crippen molar-refractivity contribution >= 4 is 28.7 Å². The Hall–Kier alpha value is -3.19. The molecule has 0 aliphatic heterocycles. The molecule has 6 nitrogen and oxygen atoms in total. The topological polar surface area (TPSA) is 71.3 Å². The minimum absolute atomic E-state index is 0.0221. The second-order valence-corrected chi connectivity index (χ2v) is 7.49. The number of hydrogen-bond acceptors (Lipinski definition) is 5. The summed E-state index contributed by atoms with van der Waals surface area (Å²) in [5.74, 6) is 0.895. The summed E-state index contributed by atoms with van der Waals surface area (Å²) in [6, 6.07) is 12.2. The van der Waals surface area contributed by atoms with E-state index in [0.717, 1.165) is 33.2 Å². The molecule has 0 spiro atoms. The van der Waals surface area contributed by atoms with Gasteiger partial charge in [0.25, 0.3) is 0 Å². The zero-order valence-corrected chi connectivity index (χ0v) is 16.4. The zero-order valence-electron chi connectivity index (χ0n) is 15.6. The van der Waals surface area contributed by atoms with E-state index in [0.29, 0.717) is 19.5 Å². The lowest BCUT2D eigenvalue weighted by Crippen LogP contribution is -2.24. The molecule has 3 aromatic heterocycles. The van der Waals surface area contributed by atoms with Gasteiger partial charge in [0.1, 0.15) is 11.5 Å². The number of carbonyl (C=O) groups is 1. The summed E-state index contributed by atoms with van der Waals surface area (Å²) in [6.45, 7) is 3.16. The van der Waals surface area contributed by atoms with Crippen molar-refractivity contribution in [3.8, 4) is 11.3 Å². The van der Waals surface area contributed by atoms with Crippen LogP contribution in [0.25, 0.3) is 16.9 Å². The van der Waals surface area contributed by atoms with Crippen molar-refractivity contribution in [2.24, 2.45) is 0 Å². The molecule has 0 aliphatic carbocycles. The Morgan fingerprint density at radius 3 is 2.93 bits per heavy atom. The molecular formula is C21H21N5OS. The maximum absolute atomic E-state index is 12.2. The lowest BCUT2D eigenvalue weighted by molar-refractivity contribution is -0.120. The van der Waals surface area contributed by atoms with Gasteiger partial charge >= 0.3 is 0 Å². The molecule has 4 rings (SSSR count). The lowest BCUT2D eigenvalue weighted by atomic mass is 10.1. The number of aryl methyl sites for hydroxylation is 1. The van der Waals surface area contributed by atoms with Crippen molar-refractivity contribution in [3.63, 3.8) is 0 Å². The standard InChI is InChI=1S/C21H21N5OS/c1-15-5-2-3-7-17(15)20-21(26-11-10-22-14-18(26)25-20)23-9-8-19(27)24-13-16-6-4-12-28-16/h2-7,10-12,14,23H,8-9,13H2,1H3,(H,24,27). The van der Waals surface area contributed by atoms with Crippen LogP contribution in [0.4, 0.5) is 5.82 Å². The second kappa shape index (κ2) is 8.22. The molecule has 1 amide bonds. The van der Waals surface area contributed by atoms with Crippen LogP contribution in [0.3, 0.4) is 0 Å². The van der Waals surface area contributed by atoms with Crippen LogP contribution in [-0.2, 0) is 11.3 Å². The molecule has 0 bridgehead atoms. The Bertz CT molecular complexity index is 1090. The van der Waals surface area contributed by atoms with Crippen molar-refractivity contribution in [1.29, 1.82) is 0 Å². The molecule has 7 heteroatoms. The Morgan fingerprint density at radius 1 is 1.21 bits per heavy atom. The van der Waals surface area contributed by atoms with Crippen molar-refractivity contribution in [1.82, 2.24) is 19.7 Å². The zero-order chi connectivity index (χ0) is 19.3. The average Bonchev–Trinajstić information content (AvgIpc) is 3.35. The van der Waals surface area contributed by atoms with E-state index >= 15 is 0 Å². The Labute approximate surface area is 167 Å². The number of hydrogen-bond donors (Lipinski definition) is 2. The molecule has 0 unspecified atom stereocenters. The van der Waals surface area contributed by atoms with E-state index in [9.17, 15) is 4.79 Å². The summed E-state index contributed by atoms with van der Waals surface area (Å²) in [4.78, 5) is 22.2. The van der Waals surface area contributed by atoms with E-state index in [1.165, 1.54) is 0 Å². The van der Waals surface area contributed by atoms with E-state index in [1.54, 1.807) is 23.7 Å². The highest BCUT2D eigenvalue weighted by Crippen LogP contribution is 2.30. The largest absolute Gasteiger partial charge is 0.369 e. The molecule has 142 valence electrons. The van der Waals surface area contributed by atoms with Crippen LogP contribution in [0, 0.1) is 6.92 Å². The fourth-order valence-corrected chi connectivity index (χ4v) is 3.73. The number of rotatable bonds is 7. The number of aromatic nitrogens is 3. The molecule has 0 fully saturated rings. The number of benzene rings is 1. The summed E-state index contributed by atoms with van der Waals surface area (Å²) in [7, 11) is 0. The van der Waals surface area contributed by atoms with Gasteiger partial charge in [0.15, 0.2) is 5.65 Å². The van der Waals surface area contributed by atoms with Gasteiger partial charge in [-0.3, -0.25) is 14.2 Å².